The maximum absolute atomic E-state index is 12.0. The van der Waals surface area contributed by atoms with Gasteiger partial charge in [-0.25, -0.2) is 0 Å². The Bertz CT molecular complexity index is 863. The minimum absolute atomic E-state index is 0.143. The lowest BCUT2D eigenvalue weighted by Gasteiger charge is -2.06. The molecule has 0 aliphatic carbocycles. The van der Waals surface area contributed by atoms with E-state index in [1.165, 1.54) is 12.1 Å². The summed E-state index contributed by atoms with van der Waals surface area (Å²) in [5.74, 6) is 1.22. The Kier molecular flexibility index (Phi) is 5.75. The molecule has 8 heteroatoms. The van der Waals surface area contributed by atoms with E-state index in [0.717, 1.165) is 17.5 Å². The fourth-order valence-electron chi connectivity index (χ4n) is 2.11. The highest BCUT2D eigenvalue weighted by Crippen LogP contribution is 2.24. The lowest BCUT2D eigenvalue weighted by molar-refractivity contribution is -0.113. The van der Waals surface area contributed by atoms with Crippen molar-refractivity contribution in [3.63, 3.8) is 0 Å². The summed E-state index contributed by atoms with van der Waals surface area (Å²) in [5, 5.41) is 20.2. The third-order valence-corrected chi connectivity index (χ3v) is 4.11. The second-order valence-electron chi connectivity index (χ2n) is 5.21. The van der Waals surface area contributed by atoms with Gasteiger partial charge in [0.2, 0.25) is 11.8 Å². The molecular weight excluding hydrogens is 354 g/mol. The Morgan fingerprint density at radius 1 is 1.15 bits per heavy atom. The molecule has 7 nitrogen and oxygen atoms in total. The number of phenols is 1. The van der Waals surface area contributed by atoms with Crippen LogP contribution in [0.5, 0.6) is 11.5 Å². The number of hydrogen-bond acceptors (Lipinski definition) is 7. The number of ether oxygens (including phenoxy) is 1. The molecule has 0 spiro atoms. The molecule has 0 saturated carbocycles. The first-order valence-corrected chi connectivity index (χ1v) is 8.91. The number of aromatic hydroxyl groups is 1. The molecule has 3 aromatic rings. The van der Waals surface area contributed by atoms with Crippen LogP contribution in [0.2, 0.25) is 0 Å². The highest BCUT2D eigenvalue weighted by molar-refractivity contribution is 7.99. The summed E-state index contributed by atoms with van der Waals surface area (Å²) >= 11 is 1.15. The average molecular weight is 371 g/mol. The Labute approximate surface area is 154 Å². The molecule has 2 aromatic carbocycles. The van der Waals surface area contributed by atoms with Crippen molar-refractivity contribution >= 4 is 23.4 Å². The number of nitrogens with zero attached hydrogens (tertiary/aromatic N) is 2. The van der Waals surface area contributed by atoms with Gasteiger partial charge in [-0.15, -0.1) is 10.2 Å². The number of benzene rings is 2. The molecule has 1 aromatic heterocycles. The molecule has 134 valence electrons. The van der Waals surface area contributed by atoms with Gasteiger partial charge in [0.25, 0.3) is 5.22 Å². The smallest absolute Gasteiger partial charge is 0.277 e. The molecule has 0 atom stereocenters. The molecule has 1 amide bonds. The Hall–Kier alpha value is -3.00. The summed E-state index contributed by atoms with van der Waals surface area (Å²) in [5.41, 5.74) is 1.38. The number of anilines is 1. The standard InChI is InChI=1S/C18H17N3O4S/c1-2-24-15-9-5-13(6-10-15)19-16(23)11-26-18-21-20-17(25-18)12-3-7-14(22)8-4-12/h3-10,22H,2,11H2,1H3,(H,19,23). The van der Waals surface area contributed by atoms with Crippen LogP contribution in [-0.4, -0.2) is 33.6 Å². The van der Waals surface area contributed by atoms with Crippen LogP contribution in [0.25, 0.3) is 11.5 Å². The number of rotatable bonds is 7. The molecule has 1 heterocycles. The van der Waals surface area contributed by atoms with Crippen LogP contribution >= 0.6 is 11.8 Å². The molecule has 26 heavy (non-hydrogen) atoms. The van der Waals surface area contributed by atoms with E-state index >= 15 is 0 Å². The first-order chi connectivity index (χ1) is 12.6. The number of hydrogen-bond donors (Lipinski definition) is 2. The van der Waals surface area contributed by atoms with Crippen LogP contribution in [0.4, 0.5) is 5.69 Å². The molecule has 0 unspecified atom stereocenters. The summed E-state index contributed by atoms with van der Waals surface area (Å²) in [6.07, 6.45) is 0. The highest BCUT2D eigenvalue weighted by Gasteiger charge is 2.11. The normalized spacial score (nSPS) is 10.5. The molecule has 0 aliphatic heterocycles. The maximum Gasteiger partial charge on any atom is 0.277 e. The zero-order valence-electron chi connectivity index (χ0n) is 14.0. The lowest BCUT2D eigenvalue weighted by atomic mass is 10.2. The second-order valence-corrected chi connectivity index (χ2v) is 6.14. The van der Waals surface area contributed by atoms with Crippen molar-refractivity contribution in [3.8, 4) is 23.0 Å². The second kappa shape index (κ2) is 8.39. The van der Waals surface area contributed by atoms with E-state index in [2.05, 4.69) is 15.5 Å². The first kappa shape index (κ1) is 17.8. The SMILES string of the molecule is CCOc1ccc(NC(=O)CSc2nnc(-c3ccc(O)cc3)o2)cc1. The summed E-state index contributed by atoms with van der Waals surface area (Å²) in [6, 6.07) is 13.6. The number of carbonyl (C=O) groups is 1. The largest absolute Gasteiger partial charge is 0.508 e. The van der Waals surface area contributed by atoms with Crippen molar-refractivity contribution in [2.45, 2.75) is 12.1 Å². The van der Waals surface area contributed by atoms with Crippen molar-refractivity contribution in [3.05, 3.63) is 48.5 Å². The van der Waals surface area contributed by atoms with E-state index in [1.807, 2.05) is 6.92 Å². The fraction of sp³-hybridized carbons (Fsp3) is 0.167. The van der Waals surface area contributed by atoms with E-state index in [0.29, 0.717) is 29.0 Å². The number of thioether (sulfide) groups is 1. The quantitative estimate of drug-likeness (QED) is 0.613. The third kappa shape index (κ3) is 4.76. The summed E-state index contributed by atoms with van der Waals surface area (Å²) in [7, 11) is 0. The van der Waals surface area contributed by atoms with E-state index < -0.39 is 0 Å². The zero-order chi connectivity index (χ0) is 18.4. The van der Waals surface area contributed by atoms with Gasteiger partial charge in [0.1, 0.15) is 11.5 Å². The van der Waals surface area contributed by atoms with Crippen LogP contribution in [0, 0.1) is 0 Å². The van der Waals surface area contributed by atoms with Crippen LogP contribution in [0.15, 0.2) is 58.2 Å². The molecule has 2 N–H and O–H groups in total. The molecule has 0 aliphatic rings. The predicted octanol–water partition coefficient (Wildman–Crippen LogP) is 3.57. The minimum atomic E-state index is -0.177. The Morgan fingerprint density at radius 2 is 1.88 bits per heavy atom. The van der Waals surface area contributed by atoms with Gasteiger partial charge in [-0.1, -0.05) is 11.8 Å². The van der Waals surface area contributed by atoms with E-state index in [4.69, 9.17) is 9.15 Å². The maximum atomic E-state index is 12.0. The van der Waals surface area contributed by atoms with Crippen molar-refractivity contribution in [2.75, 3.05) is 17.7 Å². The van der Waals surface area contributed by atoms with E-state index in [9.17, 15) is 9.90 Å². The molecular formula is C18H17N3O4S. The van der Waals surface area contributed by atoms with Gasteiger partial charge < -0.3 is 19.6 Å². The lowest BCUT2D eigenvalue weighted by Crippen LogP contribution is -2.13. The van der Waals surface area contributed by atoms with Gasteiger partial charge in [0.15, 0.2) is 0 Å². The summed E-state index contributed by atoms with van der Waals surface area (Å²) in [4.78, 5) is 12.0. The van der Waals surface area contributed by atoms with Crippen LogP contribution in [0.3, 0.4) is 0 Å². The van der Waals surface area contributed by atoms with E-state index in [-0.39, 0.29) is 17.4 Å². The van der Waals surface area contributed by atoms with Gasteiger partial charge in [0, 0.05) is 11.3 Å². The molecule has 0 bridgehead atoms. The van der Waals surface area contributed by atoms with Gasteiger partial charge in [-0.3, -0.25) is 4.79 Å². The number of aromatic nitrogens is 2. The number of phenolic OH excluding ortho intramolecular Hbond substituents is 1. The number of nitrogens with one attached hydrogen (secondary N) is 1. The molecule has 0 radical (unpaired) electrons. The van der Waals surface area contributed by atoms with Crippen LogP contribution < -0.4 is 10.1 Å². The fourth-order valence-corrected chi connectivity index (χ4v) is 2.68. The Morgan fingerprint density at radius 3 is 2.58 bits per heavy atom. The van der Waals surface area contributed by atoms with Crippen molar-refractivity contribution in [1.82, 2.24) is 10.2 Å². The average Bonchev–Trinajstić information content (AvgIpc) is 3.11. The topological polar surface area (TPSA) is 97.5 Å². The molecule has 0 saturated heterocycles. The minimum Gasteiger partial charge on any atom is -0.508 e. The van der Waals surface area contributed by atoms with Gasteiger partial charge in [-0.05, 0) is 55.5 Å². The monoisotopic (exact) mass is 371 g/mol. The first-order valence-electron chi connectivity index (χ1n) is 7.92. The van der Waals surface area contributed by atoms with Crippen molar-refractivity contribution in [1.29, 1.82) is 0 Å². The zero-order valence-corrected chi connectivity index (χ0v) is 14.8. The van der Waals surface area contributed by atoms with Gasteiger partial charge >= 0.3 is 0 Å². The number of amides is 1. The van der Waals surface area contributed by atoms with E-state index in [1.54, 1.807) is 36.4 Å². The predicted molar refractivity (Wildman–Crippen MR) is 98.4 cm³/mol. The van der Waals surface area contributed by atoms with Crippen LogP contribution in [-0.2, 0) is 4.79 Å². The third-order valence-electron chi connectivity index (χ3n) is 3.30. The number of carbonyl (C=O) groups excluding carboxylic acids is 1. The Balaban J connectivity index is 1.52. The van der Waals surface area contributed by atoms with Crippen molar-refractivity contribution in [2.24, 2.45) is 0 Å². The van der Waals surface area contributed by atoms with Gasteiger partial charge in [0.05, 0.1) is 12.4 Å². The molecule has 0 fully saturated rings. The summed E-state index contributed by atoms with van der Waals surface area (Å²) in [6.45, 7) is 2.51. The molecule has 3 rings (SSSR count). The summed E-state index contributed by atoms with van der Waals surface area (Å²) < 4.78 is 10.9. The van der Waals surface area contributed by atoms with Gasteiger partial charge in [-0.2, -0.15) is 0 Å². The van der Waals surface area contributed by atoms with Crippen molar-refractivity contribution < 1.29 is 19.1 Å². The van der Waals surface area contributed by atoms with Crippen LogP contribution in [0.1, 0.15) is 6.92 Å². The highest BCUT2D eigenvalue weighted by atomic mass is 32.2.